The van der Waals surface area contributed by atoms with Crippen molar-refractivity contribution in [1.29, 1.82) is 0 Å². The number of hydrogen-bond donors (Lipinski definition) is 0. The minimum Gasteiger partial charge on any atom is -0.425 e. The normalized spacial score (nSPS) is 15.2. The molecule has 2 aromatic carbocycles. The Bertz CT molecular complexity index is 1710. The number of carbonyl (C=O) groups is 1. The molecule has 1 amide bonds. The largest absolute Gasteiger partial charge is 2.00 e. The molecule has 3 aromatic heterocycles. The van der Waals surface area contributed by atoms with E-state index in [9.17, 15) is 4.79 Å². The summed E-state index contributed by atoms with van der Waals surface area (Å²) in [5.74, 6) is 1.36. The number of rotatable bonds is 20. The molecule has 60 heavy (non-hydrogen) atoms. The predicted octanol–water partition coefficient (Wildman–Crippen LogP) is 9.60. The first-order valence-corrected chi connectivity index (χ1v) is 20.7. The standard InChI is InChI=1S/C35H50NO3.C9H9BN6.2CO.Mo/c1-4-7-11-23-32-26-25-30(20-8-5-2)33(24-16-27-38-28-29-18-12-9-13-19-29)36(32)35(37)39-34(17-6-3)31-21-14-10-15-22-31;1-4-11-14(7-1)10(15-8-2-5-12-15)16-9-3-6-13-16;2*1-2;/h9-10,12-15,18-19,21-22,25-26,32-34H,4-8,11,16-17,20,23-24,27-28H2,1-3H3;1-9H;;;/q;-1;;;+2/t32-,33+,34+;;;;/m1..../s1. The number of piperidine rings is 1. The molecule has 0 saturated carbocycles. The Hall–Kier alpha value is -4.47. The summed E-state index contributed by atoms with van der Waals surface area (Å²) in [6.45, 7) is 16.9. The van der Waals surface area contributed by atoms with Gasteiger partial charge < -0.3 is 28.2 Å². The Morgan fingerprint density at radius 1 is 0.733 bits per heavy atom. The van der Waals surface area contributed by atoms with Crippen molar-refractivity contribution in [2.24, 2.45) is 0 Å². The van der Waals surface area contributed by atoms with Gasteiger partial charge >= 0.3 is 49.8 Å². The number of ether oxygens (including phenoxy) is 2. The molecular weight excluding hydrogens is 837 g/mol. The summed E-state index contributed by atoms with van der Waals surface area (Å²) in [6.07, 6.45) is 26.4. The second-order valence-electron chi connectivity index (χ2n) is 14.1. The Morgan fingerprint density at radius 2 is 1.30 bits per heavy atom. The number of aromatic nitrogens is 6. The predicted molar refractivity (Wildman–Crippen MR) is 227 cm³/mol. The molecule has 0 bridgehead atoms. The molecule has 4 heterocycles. The first-order chi connectivity index (χ1) is 29.1. The van der Waals surface area contributed by atoms with Gasteiger partial charge in [-0.3, -0.25) is 0 Å². The number of likely N-dealkylation sites (tertiary alicyclic amines) is 1. The van der Waals surface area contributed by atoms with E-state index >= 15 is 0 Å². The van der Waals surface area contributed by atoms with Gasteiger partial charge in [-0.2, -0.15) is 0 Å². The Kier molecular flexibility index (Phi) is 27.1. The van der Waals surface area contributed by atoms with Crippen LogP contribution in [0.25, 0.3) is 0 Å². The van der Waals surface area contributed by atoms with Gasteiger partial charge in [-0.25, -0.2) is 20.1 Å². The van der Waals surface area contributed by atoms with Crippen LogP contribution in [-0.4, -0.2) is 65.9 Å². The van der Waals surface area contributed by atoms with E-state index in [1.165, 1.54) is 24.3 Å². The van der Waals surface area contributed by atoms with Gasteiger partial charge in [0.2, 0.25) is 0 Å². The summed E-state index contributed by atoms with van der Waals surface area (Å²) in [5, 5.41) is 12.7. The fourth-order valence-electron chi connectivity index (χ4n) is 7.07. The molecule has 0 aliphatic carbocycles. The second-order valence-corrected chi connectivity index (χ2v) is 14.1. The van der Waals surface area contributed by atoms with E-state index in [1.807, 2.05) is 73.2 Å². The van der Waals surface area contributed by atoms with Crippen molar-refractivity contribution in [3.63, 3.8) is 0 Å². The molecule has 3 atom stereocenters. The summed E-state index contributed by atoms with van der Waals surface area (Å²) in [5.41, 5.74) is 2.26. The molecule has 1 fully saturated rings. The SMILES string of the molecule is CCCCC[C@@H]1[CH][CH][C](CCCC)[C@H](CCCOCc2ccccc2)N1C(=O)O[C@@H](CCC)c1ccccc1.[C-]#[O+].[C-]#[O+].[Mo+2].c1cnn([B-](n2cccn2)n2cccn2)c1. The van der Waals surface area contributed by atoms with Gasteiger partial charge in [0.25, 0.3) is 7.12 Å². The topological polar surface area (TPSA) is 132 Å². The summed E-state index contributed by atoms with van der Waals surface area (Å²) < 4.78 is 32.7. The van der Waals surface area contributed by atoms with E-state index in [0.717, 1.165) is 63.4 Å². The summed E-state index contributed by atoms with van der Waals surface area (Å²) in [7, 11) is -0.194. The van der Waals surface area contributed by atoms with Crippen molar-refractivity contribution >= 4 is 13.2 Å². The number of unbranched alkanes of at least 4 members (excludes halogenated alkanes) is 3. The fourth-order valence-corrected chi connectivity index (χ4v) is 7.07. The molecule has 12 nitrogen and oxygen atoms in total. The van der Waals surface area contributed by atoms with E-state index in [4.69, 9.17) is 18.8 Å². The zero-order valence-corrected chi connectivity index (χ0v) is 37.2. The molecule has 14 heteroatoms. The third-order valence-electron chi connectivity index (χ3n) is 9.91. The average Bonchev–Trinajstić information content (AvgIpc) is 4.13. The van der Waals surface area contributed by atoms with E-state index in [-0.39, 0.29) is 52.5 Å². The van der Waals surface area contributed by atoms with Crippen molar-refractivity contribution in [3.05, 3.63) is 159 Å². The second kappa shape index (κ2) is 31.4. The van der Waals surface area contributed by atoms with Crippen molar-refractivity contribution in [3.8, 4) is 0 Å². The maximum absolute atomic E-state index is 14.0. The van der Waals surface area contributed by atoms with Gasteiger partial charge in [0.15, 0.2) is 0 Å². The van der Waals surface area contributed by atoms with E-state index in [2.05, 4.69) is 91.4 Å². The van der Waals surface area contributed by atoms with Gasteiger partial charge in [0, 0.05) is 43.2 Å². The Balaban J connectivity index is 0.000000487. The molecule has 6 rings (SSSR count). The van der Waals surface area contributed by atoms with Crippen LogP contribution in [0, 0.1) is 32.1 Å². The third kappa shape index (κ3) is 16.9. The third-order valence-corrected chi connectivity index (χ3v) is 9.91. The smallest absolute Gasteiger partial charge is 0.425 e. The first-order valence-electron chi connectivity index (χ1n) is 20.7. The number of amides is 1. The van der Waals surface area contributed by atoms with Crippen molar-refractivity contribution in [2.75, 3.05) is 6.61 Å². The van der Waals surface area contributed by atoms with E-state index in [1.54, 1.807) is 32.4 Å². The van der Waals surface area contributed by atoms with Crippen molar-refractivity contribution in [1.82, 2.24) is 34.0 Å². The molecule has 4 radical (unpaired) electrons. The van der Waals surface area contributed by atoms with Crippen molar-refractivity contribution < 1.29 is 44.6 Å². The zero-order valence-electron chi connectivity index (χ0n) is 35.2. The number of hydrogen-bond acceptors (Lipinski definition) is 6. The number of carbonyl (C=O) groups excluding carboxylic acids is 1. The van der Waals surface area contributed by atoms with Crippen LogP contribution in [0.3, 0.4) is 0 Å². The Labute approximate surface area is 372 Å². The van der Waals surface area contributed by atoms with E-state index in [0.29, 0.717) is 13.2 Å². The maximum Gasteiger partial charge on any atom is 2.00 e. The first kappa shape index (κ1) is 51.7. The zero-order chi connectivity index (χ0) is 42.5. The van der Waals surface area contributed by atoms with Gasteiger partial charge in [-0.1, -0.05) is 120 Å². The number of nitrogens with zero attached hydrogens (tertiary/aromatic N) is 7. The summed E-state index contributed by atoms with van der Waals surface area (Å²) in [6, 6.07) is 26.3. The molecule has 1 saturated heterocycles. The van der Waals surface area contributed by atoms with Crippen LogP contribution < -0.4 is 0 Å². The molecule has 1 aliphatic heterocycles. The molecule has 316 valence electrons. The van der Waals surface area contributed by atoms with Gasteiger partial charge in [-0.05, 0) is 92.9 Å². The van der Waals surface area contributed by atoms with Gasteiger partial charge in [0.1, 0.15) is 6.10 Å². The molecule has 0 unspecified atom stereocenters. The van der Waals surface area contributed by atoms with Gasteiger partial charge in [0.05, 0.1) is 6.61 Å². The average molecular weight is 897 g/mol. The molecule has 0 spiro atoms. The van der Waals surface area contributed by atoms with E-state index < -0.39 is 0 Å². The fraction of sp³-hybridized carbons (Fsp3) is 0.413. The summed E-state index contributed by atoms with van der Waals surface area (Å²) in [4.78, 5) is 16.1. The minimum absolute atomic E-state index is 0. The van der Waals surface area contributed by atoms with Crippen LogP contribution in [0.5, 0.6) is 0 Å². The van der Waals surface area contributed by atoms with Crippen molar-refractivity contribution in [2.45, 2.75) is 116 Å². The van der Waals surface area contributed by atoms with Crippen LogP contribution in [0.15, 0.2) is 116 Å². The Morgan fingerprint density at radius 3 is 1.82 bits per heavy atom. The monoisotopic (exact) mass is 898 g/mol. The molecule has 1 aliphatic rings. The van der Waals surface area contributed by atoms with Crippen LogP contribution in [0.4, 0.5) is 4.79 Å². The van der Waals surface area contributed by atoms with Gasteiger partial charge in [-0.15, -0.1) is 0 Å². The van der Waals surface area contributed by atoms with Crippen LogP contribution in [0.1, 0.15) is 109 Å². The maximum atomic E-state index is 14.0. The minimum atomic E-state index is -0.222. The quantitative estimate of drug-likeness (QED) is 0.0331. The molecule has 0 N–H and O–H groups in total. The summed E-state index contributed by atoms with van der Waals surface area (Å²) >= 11 is 0. The van der Waals surface area contributed by atoms with Crippen LogP contribution in [0.2, 0.25) is 0 Å². The van der Waals surface area contributed by atoms with Crippen LogP contribution in [-0.2, 0) is 46.5 Å². The molecule has 5 aromatic rings. The molecular formula is C46H59BMoN7O5+. The number of benzene rings is 2. The van der Waals surface area contributed by atoms with Crippen LogP contribution >= 0.6 is 0 Å².